The third-order valence-corrected chi connectivity index (χ3v) is 4.02. The average molecular weight is 247 g/mol. The first kappa shape index (κ1) is 12.0. The van der Waals surface area contributed by atoms with Gasteiger partial charge in [-0.3, -0.25) is 0 Å². The summed E-state index contributed by atoms with van der Waals surface area (Å²) in [6, 6.07) is 6.40. The number of nitrogens with two attached hydrogens (primary N) is 1. The van der Waals surface area contributed by atoms with Crippen molar-refractivity contribution in [1.29, 1.82) is 0 Å². The molecule has 1 fully saturated rings. The van der Waals surface area contributed by atoms with Gasteiger partial charge in [0.05, 0.1) is 12.2 Å². The Bertz CT molecular complexity index is 433. The van der Waals surface area contributed by atoms with Crippen LogP contribution in [-0.4, -0.2) is 18.8 Å². The lowest BCUT2D eigenvalue weighted by Crippen LogP contribution is -2.18. The van der Waals surface area contributed by atoms with Gasteiger partial charge in [-0.15, -0.1) is 0 Å². The van der Waals surface area contributed by atoms with E-state index in [0.717, 1.165) is 31.4 Å². The fourth-order valence-electron chi connectivity index (χ4n) is 2.98. The van der Waals surface area contributed by atoms with Gasteiger partial charge in [-0.25, -0.2) is 0 Å². The van der Waals surface area contributed by atoms with Crippen molar-refractivity contribution in [3.8, 4) is 5.75 Å². The van der Waals surface area contributed by atoms with E-state index in [2.05, 4.69) is 19.1 Å². The monoisotopic (exact) mass is 247 g/mol. The first-order valence-corrected chi connectivity index (χ1v) is 6.89. The first-order valence-electron chi connectivity index (χ1n) is 6.89. The molecule has 1 aromatic rings. The molecule has 0 radical (unpaired) electrons. The molecule has 98 valence electrons. The Kier molecular flexibility index (Phi) is 3.27. The van der Waals surface area contributed by atoms with Gasteiger partial charge >= 0.3 is 0 Å². The maximum Gasteiger partial charge on any atom is 0.122 e. The average Bonchev–Trinajstić information content (AvgIpc) is 2.94. The summed E-state index contributed by atoms with van der Waals surface area (Å²) >= 11 is 0. The van der Waals surface area contributed by atoms with Crippen molar-refractivity contribution in [2.75, 3.05) is 6.61 Å². The van der Waals surface area contributed by atoms with Crippen molar-refractivity contribution in [2.45, 2.75) is 50.9 Å². The molecule has 18 heavy (non-hydrogen) atoms. The topological polar surface area (TPSA) is 44.5 Å². The lowest BCUT2D eigenvalue weighted by Gasteiger charge is -2.15. The molecule has 3 unspecified atom stereocenters. The summed E-state index contributed by atoms with van der Waals surface area (Å²) in [7, 11) is 0. The molecule has 3 heteroatoms. The van der Waals surface area contributed by atoms with Crippen molar-refractivity contribution >= 4 is 0 Å². The minimum Gasteiger partial charge on any atom is -0.491 e. The summed E-state index contributed by atoms with van der Waals surface area (Å²) < 4.78 is 11.7. The number of benzene rings is 1. The van der Waals surface area contributed by atoms with Crippen LogP contribution in [0.15, 0.2) is 18.2 Å². The summed E-state index contributed by atoms with van der Waals surface area (Å²) in [5.74, 6) is 1.00. The zero-order chi connectivity index (χ0) is 12.5. The molecule has 0 amide bonds. The molecule has 3 rings (SSSR count). The predicted molar refractivity (Wildman–Crippen MR) is 70.8 cm³/mol. The van der Waals surface area contributed by atoms with Gasteiger partial charge in [-0.1, -0.05) is 12.1 Å². The van der Waals surface area contributed by atoms with Crippen LogP contribution in [0.4, 0.5) is 0 Å². The van der Waals surface area contributed by atoms with Gasteiger partial charge in [0, 0.05) is 6.04 Å². The van der Waals surface area contributed by atoms with Crippen LogP contribution in [0.5, 0.6) is 5.75 Å². The maximum absolute atomic E-state index is 6.07. The lowest BCUT2D eigenvalue weighted by atomic mass is 10.1. The van der Waals surface area contributed by atoms with Crippen molar-refractivity contribution in [1.82, 2.24) is 0 Å². The molecule has 2 N–H and O–H groups in total. The Labute approximate surface area is 108 Å². The van der Waals surface area contributed by atoms with Crippen LogP contribution < -0.4 is 10.5 Å². The van der Waals surface area contributed by atoms with E-state index in [-0.39, 0.29) is 12.1 Å². The number of fused-ring (bicyclic) bond motifs is 1. The molecule has 2 aliphatic rings. The summed E-state index contributed by atoms with van der Waals surface area (Å²) in [6.07, 6.45) is 4.96. The molecule has 0 aromatic heterocycles. The Morgan fingerprint density at radius 1 is 1.33 bits per heavy atom. The van der Waals surface area contributed by atoms with Crippen LogP contribution in [0.2, 0.25) is 0 Å². The Balaban J connectivity index is 1.67. The molecule has 3 nitrogen and oxygen atoms in total. The summed E-state index contributed by atoms with van der Waals surface area (Å²) in [5.41, 5.74) is 8.63. The van der Waals surface area contributed by atoms with E-state index >= 15 is 0 Å². The van der Waals surface area contributed by atoms with Crippen LogP contribution in [0.25, 0.3) is 0 Å². The van der Waals surface area contributed by atoms with Crippen LogP contribution in [0.1, 0.15) is 43.4 Å². The minimum absolute atomic E-state index is 0.186. The minimum atomic E-state index is 0.186. The SMILES string of the molecule is CC1CCC(COc2cccc3c2CCC3N)O1. The summed E-state index contributed by atoms with van der Waals surface area (Å²) in [6.45, 7) is 2.79. The molecule has 0 saturated carbocycles. The first-order chi connectivity index (χ1) is 8.74. The van der Waals surface area contributed by atoms with Crippen LogP contribution >= 0.6 is 0 Å². The fraction of sp³-hybridized carbons (Fsp3) is 0.600. The van der Waals surface area contributed by atoms with Gasteiger partial charge in [-0.05, 0) is 49.8 Å². The normalized spacial score (nSPS) is 30.4. The van der Waals surface area contributed by atoms with Crippen molar-refractivity contribution in [3.05, 3.63) is 29.3 Å². The molecule has 1 aliphatic heterocycles. The lowest BCUT2D eigenvalue weighted by molar-refractivity contribution is 0.0263. The highest BCUT2D eigenvalue weighted by molar-refractivity contribution is 5.44. The van der Waals surface area contributed by atoms with E-state index < -0.39 is 0 Å². The highest BCUT2D eigenvalue weighted by atomic mass is 16.5. The van der Waals surface area contributed by atoms with Crippen LogP contribution in [-0.2, 0) is 11.2 Å². The standard InChI is InChI=1S/C15H21NO2/c1-10-5-6-11(18-10)9-17-15-4-2-3-12-13(15)7-8-14(12)16/h2-4,10-11,14H,5-9,16H2,1H3. The smallest absolute Gasteiger partial charge is 0.122 e. The molecule has 0 bridgehead atoms. The Morgan fingerprint density at radius 2 is 2.22 bits per heavy atom. The number of hydrogen-bond donors (Lipinski definition) is 1. The van der Waals surface area contributed by atoms with Gasteiger partial charge in [0.15, 0.2) is 0 Å². The van der Waals surface area contributed by atoms with E-state index in [0.29, 0.717) is 12.7 Å². The predicted octanol–water partition coefficient (Wildman–Crippen LogP) is 2.58. The second-order valence-electron chi connectivity index (χ2n) is 5.43. The highest BCUT2D eigenvalue weighted by Crippen LogP contribution is 2.35. The molecule has 1 aliphatic carbocycles. The second-order valence-corrected chi connectivity index (χ2v) is 5.43. The maximum atomic E-state index is 6.07. The number of ether oxygens (including phenoxy) is 2. The van der Waals surface area contributed by atoms with Gasteiger partial charge in [0.2, 0.25) is 0 Å². The van der Waals surface area contributed by atoms with E-state index in [4.69, 9.17) is 15.2 Å². The molecular formula is C15H21NO2. The van der Waals surface area contributed by atoms with Crippen molar-refractivity contribution < 1.29 is 9.47 Å². The molecular weight excluding hydrogens is 226 g/mol. The van der Waals surface area contributed by atoms with Crippen LogP contribution in [0, 0.1) is 0 Å². The molecule has 0 spiro atoms. The fourth-order valence-corrected chi connectivity index (χ4v) is 2.98. The zero-order valence-corrected chi connectivity index (χ0v) is 10.9. The van der Waals surface area contributed by atoms with Gasteiger partial charge in [0.25, 0.3) is 0 Å². The second kappa shape index (κ2) is 4.90. The summed E-state index contributed by atoms with van der Waals surface area (Å²) in [4.78, 5) is 0. The number of hydrogen-bond acceptors (Lipinski definition) is 3. The molecule has 1 aromatic carbocycles. The van der Waals surface area contributed by atoms with E-state index in [1.54, 1.807) is 0 Å². The molecule has 1 saturated heterocycles. The quantitative estimate of drug-likeness (QED) is 0.893. The van der Waals surface area contributed by atoms with E-state index in [1.165, 1.54) is 11.1 Å². The Hall–Kier alpha value is -1.06. The third-order valence-electron chi connectivity index (χ3n) is 4.02. The van der Waals surface area contributed by atoms with E-state index in [9.17, 15) is 0 Å². The van der Waals surface area contributed by atoms with E-state index in [1.807, 2.05) is 6.07 Å². The van der Waals surface area contributed by atoms with Crippen LogP contribution in [0.3, 0.4) is 0 Å². The summed E-state index contributed by atoms with van der Waals surface area (Å²) in [5, 5.41) is 0. The number of rotatable bonds is 3. The van der Waals surface area contributed by atoms with Gasteiger partial charge < -0.3 is 15.2 Å². The third kappa shape index (κ3) is 2.25. The zero-order valence-electron chi connectivity index (χ0n) is 10.9. The Morgan fingerprint density at radius 3 is 3.00 bits per heavy atom. The van der Waals surface area contributed by atoms with Crippen molar-refractivity contribution in [2.24, 2.45) is 5.73 Å². The molecule has 3 atom stereocenters. The molecule has 1 heterocycles. The highest BCUT2D eigenvalue weighted by Gasteiger charge is 2.25. The van der Waals surface area contributed by atoms with Gasteiger partial charge in [0.1, 0.15) is 12.4 Å². The van der Waals surface area contributed by atoms with Crippen molar-refractivity contribution in [3.63, 3.8) is 0 Å². The van der Waals surface area contributed by atoms with Gasteiger partial charge in [-0.2, -0.15) is 0 Å². The largest absolute Gasteiger partial charge is 0.491 e.